The van der Waals surface area contributed by atoms with Gasteiger partial charge >= 0.3 is 0 Å². The molecular weight excluding hydrogens is 468 g/mol. The third kappa shape index (κ3) is 5.06. The molecule has 3 aromatic rings. The van der Waals surface area contributed by atoms with Gasteiger partial charge in [0.25, 0.3) is 0 Å². The van der Waals surface area contributed by atoms with E-state index in [1.54, 1.807) is 18.2 Å². The maximum Gasteiger partial charge on any atom is 0.228 e. The van der Waals surface area contributed by atoms with Crippen LogP contribution in [0.5, 0.6) is 0 Å². The van der Waals surface area contributed by atoms with Crippen molar-refractivity contribution in [2.45, 2.75) is 46.2 Å². The zero-order valence-electron chi connectivity index (χ0n) is 19.4. The molecule has 2 atom stereocenters. The minimum absolute atomic E-state index is 0. The third-order valence-corrected chi connectivity index (χ3v) is 7.13. The summed E-state index contributed by atoms with van der Waals surface area (Å²) in [5.74, 6) is 0.846. The van der Waals surface area contributed by atoms with Crippen molar-refractivity contribution >= 4 is 29.1 Å². The highest BCUT2D eigenvalue weighted by Crippen LogP contribution is 2.32. The molecule has 5 rings (SSSR count). The normalized spacial score (nSPS) is 20.2. The average molecular weight is 500 g/mol. The molecule has 2 aliphatic heterocycles. The number of halogens is 3. The molecule has 0 unspecified atom stereocenters. The van der Waals surface area contributed by atoms with Crippen molar-refractivity contribution in [3.8, 4) is 11.3 Å². The molecule has 1 aromatic heterocycles. The minimum atomic E-state index is -0.453. The monoisotopic (exact) mass is 499 g/mol. The summed E-state index contributed by atoms with van der Waals surface area (Å²) in [4.78, 5) is 16.4. The molecule has 186 valence electrons. The fourth-order valence-corrected chi connectivity index (χ4v) is 5.14. The molecule has 0 aliphatic carbocycles. The van der Waals surface area contributed by atoms with Crippen molar-refractivity contribution in [3.05, 3.63) is 65.2 Å². The Morgan fingerprint density at radius 1 is 0.886 bits per heavy atom. The second-order valence-corrected chi connectivity index (χ2v) is 9.57. The van der Waals surface area contributed by atoms with E-state index in [9.17, 15) is 8.78 Å². The van der Waals surface area contributed by atoms with Gasteiger partial charge in [-0.1, -0.05) is 31.2 Å². The number of hydrogen-bond acceptors (Lipinski definition) is 5. The summed E-state index contributed by atoms with van der Waals surface area (Å²) in [6.07, 6.45) is 2.20. The summed E-state index contributed by atoms with van der Waals surface area (Å²) in [6.45, 7) is 7.28. The summed E-state index contributed by atoms with van der Waals surface area (Å²) in [7, 11) is 0. The van der Waals surface area contributed by atoms with Crippen molar-refractivity contribution in [2.75, 3.05) is 40.9 Å². The summed E-state index contributed by atoms with van der Waals surface area (Å²) >= 11 is 6.08. The molecule has 0 saturated carbocycles. The predicted molar refractivity (Wildman–Crippen MR) is 141 cm³/mol. The molecule has 0 N–H and O–H groups in total. The Kier molecular flexibility index (Phi) is 7.45. The van der Waals surface area contributed by atoms with Gasteiger partial charge in [-0.3, -0.25) is 0 Å². The molecule has 0 amide bonds. The lowest BCUT2D eigenvalue weighted by Gasteiger charge is -2.42. The molecule has 0 radical (unpaired) electrons. The molecule has 2 aromatic carbocycles. The van der Waals surface area contributed by atoms with Gasteiger partial charge in [-0.2, -0.15) is 4.98 Å². The number of para-hydroxylation sites is 1. The second-order valence-electron chi connectivity index (χ2n) is 9.16. The van der Waals surface area contributed by atoms with Gasteiger partial charge in [-0.05, 0) is 57.0 Å². The van der Waals surface area contributed by atoms with Crippen LogP contribution in [0, 0.1) is 11.6 Å². The van der Waals surface area contributed by atoms with Crippen LogP contribution in [-0.4, -0.2) is 48.2 Å². The summed E-state index contributed by atoms with van der Waals surface area (Å²) < 4.78 is 28.2. The highest BCUT2D eigenvalue weighted by molar-refractivity contribution is 6.31. The number of benzene rings is 2. The summed E-state index contributed by atoms with van der Waals surface area (Å²) in [5, 5.41) is 0.0700. The fraction of sp³-hybridized carbons (Fsp3) is 0.407. The summed E-state index contributed by atoms with van der Waals surface area (Å²) in [5.41, 5.74) is 2.09. The number of aromatic nitrogens is 2. The van der Waals surface area contributed by atoms with E-state index in [0.717, 1.165) is 30.8 Å². The van der Waals surface area contributed by atoms with Crippen LogP contribution in [-0.2, 0) is 0 Å². The maximum absolute atomic E-state index is 14.4. The average Bonchev–Trinajstić information content (AvgIpc) is 3.26. The first-order chi connectivity index (χ1) is 16.4. The number of hydrogen-bond donors (Lipinski definition) is 0. The number of piperazine rings is 1. The highest BCUT2D eigenvalue weighted by Gasteiger charge is 2.29. The van der Waals surface area contributed by atoms with Crippen molar-refractivity contribution < 1.29 is 8.78 Å². The standard InChI is InChI=1S/C26H28ClF2N5.CH4/c1-17-6-5-11-34(17)26-30-23(19-9-10-21(28)20(27)14-19)15-25(31-26)33-13-12-32(16-18(33)2)24-8-4-3-7-22(24)29;/h3-4,7-10,14-15,17-18H,5-6,11-13,16H2,1-2H3;1H4/t17-,18+;/m0./s1. The zero-order valence-corrected chi connectivity index (χ0v) is 20.1. The highest BCUT2D eigenvalue weighted by atomic mass is 35.5. The lowest BCUT2D eigenvalue weighted by molar-refractivity contribution is 0.533. The Bertz CT molecular complexity index is 1190. The van der Waals surface area contributed by atoms with Crippen molar-refractivity contribution in [2.24, 2.45) is 0 Å². The lowest BCUT2D eigenvalue weighted by Crippen LogP contribution is -2.52. The van der Waals surface area contributed by atoms with Crippen molar-refractivity contribution in [1.82, 2.24) is 9.97 Å². The van der Waals surface area contributed by atoms with Crippen LogP contribution in [0.25, 0.3) is 11.3 Å². The first kappa shape index (κ1) is 25.2. The minimum Gasteiger partial charge on any atom is -0.365 e. The molecule has 5 nitrogen and oxygen atoms in total. The smallest absolute Gasteiger partial charge is 0.228 e. The maximum atomic E-state index is 14.4. The molecular formula is C27H32ClF2N5. The topological polar surface area (TPSA) is 35.5 Å². The van der Waals surface area contributed by atoms with E-state index < -0.39 is 5.82 Å². The Morgan fingerprint density at radius 2 is 1.69 bits per heavy atom. The van der Waals surface area contributed by atoms with E-state index >= 15 is 0 Å². The van der Waals surface area contributed by atoms with Gasteiger partial charge in [0.2, 0.25) is 5.95 Å². The van der Waals surface area contributed by atoms with E-state index in [0.29, 0.717) is 43.0 Å². The van der Waals surface area contributed by atoms with Crippen LogP contribution < -0.4 is 14.7 Å². The van der Waals surface area contributed by atoms with Crippen LogP contribution in [0.2, 0.25) is 5.02 Å². The molecule has 2 fully saturated rings. The van der Waals surface area contributed by atoms with Gasteiger partial charge in [0, 0.05) is 49.9 Å². The van der Waals surface area contributed by atoms with Crippen LogP contribution in [0.15, 0.2) is 48.5 Å². The molecule has 2 aliphatic rings. The second kappa shape index (κ2) is 10.4. The fourth-order valence-electron chi connectivity index (χ4n) is 4.96. The van der Waals surface area contributed by atoms with E-state index in [1.807, 2.05) is 18.2 Å². The number of nitrogens with zero attached hydrogens (tertiary/aromatic N) is 5. The predicted octanol–water partition coefficient (Wildman–Crippen LogP) is 6.42. The first-order valence-corrected chi connectivity index (χ1v) is 12.2. The van der Waals surface area contributed by atoms with E-state index in [2.05, 4.69) is 28.5 Å². The quantitative estimate of drug-likeness (QED) is 0.414. The van der Waals surface area contributed by atoms with Gasteiger partial charge in [-0.25, -0.2) is 13.8 Å². The van der Waals surface area contributed by atoms with Crippen LogP contribution in [0.1, 0.15) is 34.1 Å². The molecule has 0 bridgehead atoms. The van der Waals surface area contributed by atoms with Gasteiger partial charge < -0.3 is 14.7 Å². The Morgan fingerprint density at radius 3 is 2.37 bits per heavy atom. The first-order valence-electron chi connectivity index (χ1n) is 11.8. The Hall–Kier alpha value is -2.93. The molecule has 8 heteroatoms. The van der Waals surface area contributed by atoms with Crippen LogP contribution in [0.3, 0.4) is 0 Å². The molecule has 35 heavy (non-hydrogen) atoms. The van der Waals surface area contributed by atoms with Crippen LogP contribution >= 0.6 is 11.6 Å². The lowest BCUT2D eigenvalue weighted by atomic mass is 10.1. The SMILES string of the molecule is C.C[C@@H]1CN(c2ccccc2F)CCN1c1cc(-c2ccc(F)c(Cl)c2)nc(N2CCC[C@@H]2C)n1. The van der Waals surface area contributed by atoms with Gasteiger partial charge in [0.1, 0.15) is 17.5 Å². The van der Waals surface area contributed by atoms with Crippen LogP contribution in [0.4, 0.5) is 26.2 Å². The third-order valence-electron chi connectivity index (χ3n) is 6.84. The number of rotatable bonds is 4. The Labute approximate surface area is 211 Å². The zero-order chi connectivity index (χ0) is 23.8. The van der Waals surface area contributed by atoms with E-state index in [-0.39, 0.29) is 24.3 Å². The largest absolute Gasteiger partial charge is 0.365 e. The molecule has 0 spiro atoms. The number of anilines is 3. The summed E-state index contributed by atoms with van der Waals surface area (Å²) in [6, 6.07) is 14.0. The Balaban J connectivity index is 0.00000289. The van der Waals surface area contributed by atoms with E-state index in [4.69, 9.17) is 21.6 Å². The van der Waals surface area contributed by atoms with E-state index in [1.165, 1.54) is 12.1 Å². The van der Waals surface area contributed by atoms with Gasteiger partial charge in [-0.15, -0.1) is 0 Å². The van der Waals surface area contributed by atoms with Crippen molar-refractivity contribution in [3.63, 3.8) is 0 Å². The van der Waals surface area contributed by atoms with Gasteiger partial charge in [0.05, 0.1) is 16.4 Å². The molecule has 2 saturated heterocycles. The molecule has 3 heterocycles. The van der Waals surface area contributed by atoms with Gasteiger partial charge in [0.15, 0.2) is 0 Å². The van der Waals surface area contributed by atoms with Crippen molar-refractivity contribution in [1.29, 1.82) is 0 Å².